The van der Waals surface area contributed by atoms with E-state index in [4.69, 9.17) is 9.47 Å². The standard InChI is InChI=1S/C13H18BrFO2/c1-10(2)5-6-16-7-8-17-13-9-11(15)3-4-12(13)14/h3-4,9-10H,5-8H2,1-2H3. The van der Waals surface area contributed by atoms with E-state index in [0.29, 0.717) is 24.9 Å². The molecule has 0 unspecified atom stereocenters. The molecule has 0 aliphatic heterocycles. The molecule has 0 atom stereocenters. The third-order valence-corrected chi connectivity index (χ3v) is 2.87. The minimum atomic E-state index is -0.302. The van der Waals surface area contributed by atoms with Crippen molar-refractivity contribution >= 4 is 15.9 Å². The topological polar surface area (TPSA) is 18.5 Å². The Labute approximate surface area is 110 Å². The Kier molecular flexibility index (Phi) is 6.52. The minimum Gasteiger partial charge on any atom is -0.490 e. The van der Waals surface area contributed by atoms with Crippen LogP contribution in [0.3, 0.4) is 0 Å². The molecule has 1 aromatic carbocycles. The van der Waals surface area contributed by atoms with E-state index in [9.17, 15) is 4.39 Å². The number of halogens is 2. The molecule has 0 fully saturated rings. The Morgan fingerprint density at radius 2 is 2.00 bits per heavy atom. The van der Waals surface area contributed by atoms with Crippen LogP contribution in [0.5, 0.6) is 5.75 Å². The largest absolute Gasteiger partial charge is 0.490 e. The van der Waals surface area contributed by atoms with Crippen LogP contribution in [0.2, 0.25) is 0 Å². The number of hydrogen-bond acceptors (Lipinski definition) is 2. The number of benzene rings is 1. The van der Waals surface area contributed by atoms with E-state index in [1.165, 1.54) is 12.1 Å². The molecule has 0 saturated heterocycles. The second kappa shape index (κ2) is 7.67. The average Bonchev–Trinajstić information content (AvgIpc) is 2.27. The highest BCUT2D eigenvalue weighted by atomic mass is 79.9. The van der Waals surface area contributed by atoms with Gasteiger partial charge < -0.3 is 9.47 Å². The molecule has 4 heteroatoms. The third kappa shape index (κ3) is 6.03. The van der Waals surface area contributed by atoms with E-state index in [1.54, 1.807) is 6.07 Å². The molecule has 0 aromatic heterocycles. The van der Waals surface area contributed by atoms with Gasteiger partial charge in [0.2, 0.25) is 0 Å². The van der Waals surface area contributed by atoms with Crippen molar-refractivity contribution in [2.45, 2.75) is 20.3 Å². The molecule has 0 amide bonds. The molecule has 0 N–H and O–H groups in total. The molecule has 17 heavy (non-hydrogen) atoms. The summed E-state index contributed by atoms with van der Waals surface area (Å²) >= 11 is 3.30. The molecule has 2 nitrogen and oxygen atoms in total. The first-order chi connectivity index (χ1) is 8.09. The molecule has 1 aromatic rings. The number of rotatable bonds is 7. The van der Waals surface area contributed by atoms with Crippen molar-refractivity contribution in [1.82, 2.24) is 0 Å². The van der Waals surface area contributed by atoms with Crippen LogP contribution in [0.1, 0.15) is 20.3 Å². The summed E-state index contributed by atoms with van der Waals surface area (Å²) in [7, 11) is 0. The third-order valence-electron chi connectivity index (χ3n) is 2.22. The van der Waals surface area contributed by atoms with Gasteiger partial charge in [0, 0.05) is 12.7 Å². The summed E-state index contributed by atoms with van der Waals surface area (Å²) < 4.78 is 24.5. The fourth-order valence-corrected chi connectivity index (χ4v) is 1.58. The number of hydrogen-bond donors (Lipinski definition) is 0. The highest BCUT2D eigenvalue weighted by Crippen LogP contribution is 2.25. The lowest BCUT2D eigenvalue weighted by molar-refractivity contribution is 0.0922. The molecule has 0 radical (unpaired) electrons. The van der Waals surface area contributed by atoms with E-state index >= 15 is 0 Å². The van der Waals surface area contributed by atoms with Crippen LogP contribution in [0.25, 0.3) is 0 Å². The van der Waals surface area contributed by atoms with Crippen molar-refractivity contribution in [3.63, 3.8) is 0 Å². The van der Waals surface area contributed by atoms with Crippen molar-refractivity contribution in [1.29, 1.82) is 0 Å². The average molecular weight is 305 g/mol. The lowest BCUT2D eigenvalue weighted by Crippen LogP contribution is -2.09. The van der Waals surface area contributed by atoms with Crippen molar-refractivity contribution in [3.05, 3.63) is 28.5 Å². The van der Waals surface area contributed by atoms with E-state index in [-0.39, 0.29) is 5.82 Å². The van der Waals surface area contributed by atoms with E-state index in [0.717, 1.165) is 17.5 Å². The summed E-state index contributed by atoms with van der Waals surface area (Å²) in [6, 6.07) is 4.37. The van der Waals surface area contributed by atoms with E-state index in [1.807, 2.05) is 0 Å². The first-order valence-electron chi connectivity index (χ1n) is 5.75. The SMILES string of the molecule is CC(C)CCOCCOc1cc(F)ccc1Br. The highest BCUT2D eigenvalue weighted by molar-refractivity contribution is 9.10. The van der Waals surface area contributed by atoms with Gasteiger partial charge in [-0.15, -0.1) is 0 Å². The van der Waals surface area contributed by atoms with Crippen LogP contribution in [0.4, 0.5) is 4.39 Å². The fraction of sp³-hybridized carbons (Fsp3) is 0.538. The summed E-state index contributed by atoms with van der Waals surface area (Å²) in [6.07, 6.45) is 1.05. The molecule has 1 rings (SSSR count). The van der Waals surface area contributed by atoms with Crippen molar-refractivity contribution in [3.8, 4) is 5.75 Å². The van der Waals surface area contributed by atoms with Gasteiger partial charge in [0.25, 0.3) is 0 Å². The first kappa shape index (κ1) is 14.5. The van der Waals surface area contributed by atoms with E-state index in [2.05, 4.69) is 29.8 Å². The summed E-state index contributed by atoms with van der Waals surface area (Å²) in [6.45, 7) is 6.01. The quantitative estimate of drug-likeness (QED) is 0.708. The first-order valence-corrected chi connectivity index (χ1v) is 6.54. The molecule has 96 valence electrons. The van der Waals surface area contributed by atoms with E-state index < -0.39 is 0 Å². The predicted octanol–water partition coefficient (Wildman–Crippen LogP) is 4.03. The molecule has 0 spiro atoms. The van der Waals surface area contributed by atoms with Gasteiger partial charge in [-0.1, -0.05) is 13.8 Å². The lowest BCUT2D eigenvalue weighted by Gasteiger charge is -2.09. The second-order valence-electron chi connectivity index (χ2n) is 4.22. The monoisotopic (exact) mass is 304 g/mol. The molecular formula is C13H18BrFO2. The molecular weight excluding hydrogens is 287 g/mol. The van der Waals surface area contributed by atoms with Crippen LogP contribution in [-0.4, -0.2) is 19.8 Å². The Balaban J connectivity index is 2.20. The molecule has 0 bridgehead atoms. The zero-order valence-electron chi connectivity index (χ0n) is 10.2. The van der Waals surface area contributed by atoms with Gasteiger partial charge in [-0.2, -0.15) is 0 Å². The van der Waals surface area contributed by atoms with Gasteiger partial charge in [-0.3, -0.25) is 0 Å². The van der Waals surface area contributed by atoms with Gasteiger partial charge in [-0.25, -0.2) is 4.39 Å². The Bertz CT molecular complexity index is 342. The lowest BCUT2D eigenvalue weighted by atomic mass is 10.1. The molecule has 0 saturated carbocycles. The maximum absolute atomic E-state index is 12.9. The zero-order valence-corrected chi connectivity index (χ0v) is 11.8. The van der Waals surface area contributed by atoms with Gasteiger partial charge >= 0.3 is 0 Å². The number of ether oxygens (including phenoxy) is 2. The van der Waals surface area contributed by atoms with Crippen LogP contribution >= 0.6 is 15.9 Å². The summed E-state index contributed by atoms with van der Waals surface area (Å²) in [5, 5.41) is 0. The summed E-state index contributed by atoms with van der Waals surface area (Å²) in [4.78, 5) is 0. The maximum Gasteiger partial charge on any atom is 0.136 e. The van der Waals surface area contributed by atoms with Crippen molar-refractivity contribution in [2.75, 3.05) is 19.8 Å². The minimum absolute atomic E-state index is 0.302. The van der Waals surface area contributed by atoms with Crippen molar-refractivity contribution < 1.29 is 13.9 Å². The van der Waals surface area contributed by atoms with Crippen molar-refractivity contribution in [2.24, 2.45) is 5.92 Å². The summed E-state index contributed by atoms with van der Waals surface area (Å²) in [5.41, 5.74) is 0. The Morgan fingerprint density at radius 3 is 2.71 bits per heavy atom. The van der Waals surface area contributed by atoms with Crippen LogP contribution in [0.15, 0.2) is 22.7 Å². The second-order valence-corrected chi connectivity index (χ2v) is 5.07. The molecule has 0 heterocycles. The Hall–Kier alpha value is -0.610. The van der Waals surface area contributed by atoms with Crippen LogP contribution < -0.4 is 4.74 Å². The normalized spacial score (nSPS) is 10.9. The van der Waals surface area contributed by atoms with Gasteiger partial charge in [0.15, 0.2) is 0 Å². The smallest absolute Gasteiger partial charge is 0.136 e. The van der Waals surface area contributed by atoms with Gasteiger partial charge in [0.05, 0.1) is 11.1 Å². The predicted molar refractivity (Wildman–Crippen MR) is 69.9 cm³/mol. The van der Waals surface area contributed by atoms with Crippen LogP contribution in [-0.2, 0) is 4.74 Å². The summed E-state index contributed by atoms with van der Waals surface area (Å²) in [5.74, 6) is 0.856. The molecule has 0 aliphatic carbocycles. The van der Waals surface area contributed by atoms with Gasteiger partial charge in [0.1, 0.15) is 18.2 Å². The maximum atomic E-state index is 12.9. The fourth-order valence-electron chi connectivity index (χ4n) is 1.22. The van der Waals surface area contributed by atoms with Crippen LogP contribution in [0, 0.1) is 11.7 Å². The zero-order chi connectivity index (χ0) is 12.7. The highest BCUT2D eigenvalue weighted by Gasteiger charge is 2.02. The molecule has 0 aliphatic rings. The van der Waals surface area contributed by atoms with Gasteiger partial charge in [-0.05, 0) is 40.4 Å². The Morgan fingerprint density at radius 1 is 1.24 bits per heavy atom.